The summed E-state index contributed by atoms with van der Waals surface area (Å²) < 4.78 is 63.2. The maximum absolute atomic E-state index is 14.2. The number of nitrogens with zero attached hydrogens (tertiary/aromatic N) is 2. The molecule has 2 aromatic heterocycles. The van der Waals surface area contributed by atoms with Crippen LogP contribution in [0.3, 0.4) is 0 Å². The number of amides is 1. The maximum atomic E-state index is 14.2. The molecule has 2 fully saturated rings. The highest BCUT2D eigenvalue weighted by atomic mass is 35.5. The third-order valence-corrected chi connectivity index (χ3v) is 9.70. The smallest absolute Gasteiger partial charge is 0.268 e. The van der Waals surface area contributed by atoms with E-state index in [-0.39, 0.29) is 54.0 Å². The second-order valence-electron chi connectivity index (χ2n) is 10.2. The van der Waals surface area contributed by atoms with Gasteiger partial charge in [0.2, 0.25) is 5.91 Å². The van der Waals surface area contributed by atoms with Gasteiger partial charge in [-0.2, -0.15) is 0 Å². The van der Waals surface area contributed by atoms with Crippen molar-refractivity contribution in [1.82, 2.24) is 14.3 Å². The fourth-order valence-electron chi connectivity index (χ4n) is 4.60. The first-order valence-corrected chi connectivity index (χ1v) is 14.6. The monoisotopic (exact) mass is 593 g/mol. The Morgan fingerprint density at radius 3 is 2.54 bits per heavy atom. The fourth-order valence-corrected chi connectivity index (χ4v) is 6.70. The topological polar surface area (TPSA) is 90.3 Å². The number of alkyl halides is 2. The molecule has 39 heavy (non-hydrogen) atoms. The summed E-state index contributed by atoms with van der Waals surface area (Å²) in [7, 11) is -4.08. The molecule has 12 heteroatoms. The van der Waals surface area contributed by atoms with E-state index < -0.39 is 27.3 Å². The lowest BCUT2D eigenvalue weighted by molar-refractivity contribution is -0.125. The van der Waals surface area contributed by atoms with Crippen LogP contribution in [-0.2, 0) is 28.0 Å². The van der Waals surface area contributed by atoms with Gasteiger partial charge in [0.05, 0.1) is 39.8 Å². The zero-order valence-electron chi connectivity index (χ0n) is 20.9. The van der Waals surface area contributed by atoms with Crippen LogP contribution in [0.5, 0.6) is 5.75 Å². The number of fused-ring (bicyclic) bond motifs is 1. The Morgan fingerprint density at radius 1 is 1.21 bits per heavy atom. The summed E-state index contributed by atoms with van der Waals surface area (Å²) in [6, 6.07) is 12.7. The average Bonchev–Trinajstić information content (AvgIpc) is 3.62. The normalized spacial score (nSPS) is 18.8. The number of rotatable bonds is 9. The Hall–Kier alpha value is -3.02. The molecule has 2 aliphatic rings. The lowest BCUT2D eigenvalue weighted by Crippen LogP contribution is -2.31. The summed E-state index contributed by atoms with van der Waals surface area (Å²) in [5.41, 5.74) is 2.80. The number of carbonyl (C=O) groups is 1. The largest absolute Gasteiger partial charge is 0.487 e. The van der Waals surface area contributed by atoms with Gasteiger partial charge in [0, 0.05) is 34.2 Å². The molecule has 0 spiro atoms. The highest BCUT2D eigenvalue weighted by molar-refractivity contribution is 7.90. The first kappa shape index (κ1) is 27.5. The van der Waals surface area contributed by atoms with Gasteiger partial charge in [-0.05, 0) is 37.1 Å². The van der Waals surface area contributed by atoms with Crippen LogP contribution in [0.2, 0.25) is 0 Å². The van der Waals surface area contributed by atoms with Gasteiger partial charge < -0.3 is 10.1 Å². The summed E-state index contributed by atoms with van der Waals surface area (Å²) in [4.78, 5) is 16.9. The number of hydrogen-bond donors (Lipinski definition) is 1. The molecule has 2 heterocycles. The first-order chi connectivity index (χ1) is 18.1. The predicted molar refractivity (Wildman–Crippen MR) is 146 cm³/mol. The average molecular weight is 594 g/mol. The lowest BCUT2D eigenvalue weighted by Gasteiger charge is -2.15. The van der Waals surface area contributed by atoms with Crippen molar-refractivity contribution in [3.63, 3.8) is 0 Å². The Morgan fingerprint density at radius 2 is 1.92 bits per heavy atom. The molecule has 0 radical (unpaired) electrons. The summed E-state index contributed by atoms with van der Waals surface area (Å²) >= 11 is 1.39. The molecule has 7 nitrogen and oxygen atoms in total. The van der Waals surface area contributed by atoms with Gasteiger partial charge in [-0.25, -0.2) is 26.2 Å². The number of hydrogen-bond acceptors (Lipinski definition) is 6. The van der Waals surface area contributed by atoms with Crippen LogP contribution in [0.15, 0.2) is 64.3 Å². The van der Waals surface area contributed by atoms with Crippen LogP contribution in [0.25, 0.3) is 10.9 Å². The molecule has 2 aromatic carbocycles. The van der Waals surface area contributed by atoms with E-state index in [0.717, 1.165) is 12.8 Å². The van der Waals surface area contributed by atoms with Crippen molar-refractivity contribution in [3.8, 4) is 5.75 Å². The van der Waals surface area contributed by atoms with Gasteiger partial charge in [0.25, 0.3) is 15.9 Å². The fraction of sp³-hybridized carbons (Fsp3) is 0.333. The van der Waals surface area contributed by atoms with Crippen LogP contribution in [0, 0.1) is 5.41 Å². The number of ether oxygens (including phenoxy) is 1. The molecule has 2 saturated carbocycles. The quantitative estimate of drug-likeness (QED) is 0.262. The van der Waals surface area contributed by atoms with Gasteiger partial charge in [-0.1, -0.05) is 25.1 Å². The van der Waals surface area contributed by atoms with E-state index in [2.05, 4.69) is 10.3 Å². The van der Waals surface area contributed by atoms with Crippen molar-refractivity contribution >= 4 is 50.6 Å². The van der Waals surface area contributed by atoms with Gasteiger partial charge in [0.15, 0.2) is 0 Å². The summed E-state index contributed by atoms with van der Waals surface area (Å²) in [5, 5.41) is 5.14. The Kier molecular flexibility index (Phi) is 6.97. The zero-order valence-corrected chi connectivity index (χ0v) is 23.3. The van der Waals surface area contributed by atoms with Crippen LogP contribution < -0.4 is 10.1 Å². The van der Waals surface area contributed by atoms with E-state index >= 15 is 0 Å². The summed E-state index contributed by atoms with van der Waals surface area (Å²) in [6.07, 6.45) is 1.27. The third kappa shape index (κ3) is 5.15. The number of aromatic nitrogens is 2. The van der Waals surface area contributed by atoms with E-state index in [1.54, 1.807) is 41.2 Å². The Labute approximate surface area is 234 Å². The van der Waals surface area contributed by atoms with Crippen molar-refractivity contribution in [1.29, 1.82) is 0 Å². The van der Waals surface area contributed by atoms with Gasteiger partial charge >= 0.3 is 0 Å². The first-order valence-electron chi connectivity index (χ1n) is 12.2. The van der Waals surface area contributed by atoms with Crippen LogP contribution >= 0.6 is 23.7 Å². The number of nitrogens with one attached hydrogen (secondary N) is 1. The van der Waals surface area contributed by atoms with Crippen LogP contribution in [0.4, 0.5) is 8.78 Å². The summed E-state index contributed by atoms with van der Waals surface area (Å²) in [6.45, 7) is 1.90. The molecule has 4 aromatic rings. The van der Waals surface area contributed by atoms with Gasteiger partial charge in [-0.15, -0.1) is 23.7 Å². The Bertz CT molecular complexity index is 1640. The molecule has 0 bridgehead atoms. The van der Waals surface area contributed by atoms with Crippen molar-refractivity contribution in [2.45, 2.75) is 56.1 Å². The highest BCUT2D eigenvalue weighted by Crippen LogP contribution is 2.58. The molecule has 0 saturated heterocycles. The molecule has 206 valence electrons. The van der Waals surface area contributed by atoms with Crippen molar-refractivity contribution in [3.05, 3.63) is 76.4 Å². The second-order valence-corrected chi connectivity index (χ2v) is 12.7. The summed E-state index contributed by atoms with van der Waals surface area (Å²) in [5.74, 6) is -3.81. The molecule has 0 aliphatic heterocycles. The van der Waals surface area contributed by atoms with Crippen molar-refractivity contribution < 1.29 is 26.7 Å². The van der Waals surface area contributed by atoms with Gasteiger partial charge in [0.1, 0.15) is 12.4 Å². The van der Waals surface area contributed by atoms with E-state index in [4.69, 9.17) is 4.74 Å². The lowest BCUT2D eigenvalue weighted by atomic mass is 10.1. The number of halogens is 3. The second kappa shape index (κ2) is 9.87. The Balaban J connectivity index is 0.00000308. The van der Waals surface area contributed by atoms with Crippen LogP contribution in [-0.4, -0.2) is 29.2 Å². The predicted octanol–water partition coefficient (Wildman–Crippen LogP) is 5.87. The molecule has 1 N–H and O–H groups in total. The minimum Gasteiger partial charge on any atom is -0.487 e. The molecule has 6 rings (SSSR count). The van der Waals surface area contributed by atoms with E-state index in [9.17, 15) is 22.0 Å². The third-order valence-electron chi connectivity index (χ3n) is 7.28. The van der Waals surface area contributed by atoms with Crippen LogP contribution in [0.1, 0.15) is 49.1 Å². The minimum atomic E-state index is -4.08. The van der Waals surface area contributed by atoms with E-state index in [1.165, 1.54) is 33.5 Å². The number of carbonyl (C=O) groups excluding carboxylic acids is 1. The standard InChI is InChI=1S/C27H25F2N3O4S2.ClH/c1-26(7-8-26)25(33)30-13-19-9-17-10-21(22-12-27(22,28)29)24(36-14-18-15-37-16-31-18)11-23(17)32(19)38(34,35)20-5-3-2-4-6-20;/h2-6,9-11,15-16,22H,7-8,12-14H2,1H3,(H,30,33);1H. The number of benzene rings is 2. The van der Waals surface area contributed by atoms with Crippen molar-refractivity contribution in [2.24, 2.45) is 5.41 Å². The van der Waals surface area contributed by atoms with Crippen molar-refractivity contribution in [2.75, 3.05) is 0 Å². The molecule has 1 amide bonds. The van der Waals surface area contributed by atoms with E-state index in [1.807, 2.05) is 6.92 Å². The number of thiazole rings is 1. The SMILES string of the molecule is CC1(C(=O)NCc2cc3cc(C4CC4(F)F)c(OCc4cscn4)cc3n2S(=O)(=O)c2ccccc2)CC1.Cl. The zero-order chi connectivity index (χ0) is 26.7. The minimum absolute atomic E-state index is 0. The molecule has 1 atom stereocenters. The van der Waals surface area contributed by atoms with Gasteiger partial charge in [-0.3, -0.25) is 4.79 Å². The molecular formula is C27H26ClF2N3O4S2. The highest BCUT2D eigenvalue weighted by Gasteiger charge is 2.58. The van der Waals surface area contributed by atoms with E-state index in [0.29, 0.717) is 22.3 Å². The molecular weight excluding hydrogens is 568 g/mol. The molecule has 1 unspecified atom stereocenters. The maximum Gasteiger partial charge on any atom is 0.268 e. The molecule has 2 aliphatic carbocycles.